The Bertz CT molecular complexity index is 738. The number of aromatic nitrogens is 2. The van der Waals surface area contributed by atoms with E-state index in [1.165, 1.54) is 0 Å². The van der Waals surface area contributed by atoms with Gasteiger partial charge in [0.25, 0.3) is 5.91 Å². The van der Waals surface area contributed by atoms with E-state index in [-0.39, 0.29) is 18.0 Å². The van der Waals surface area contributed by atoms with E-state index < -0.39 is 11.5 Å². The van der Waals surface area contributed by atoms with Crippen LogP contribution in [0, 0.1) is 0 Å². The van der Waals surface area contributed by atoms with Gasteiger partial charge >= 0.3 is 5.97 Å². The van der Waals surface area contributed by atoms with Crippen molar-refractivity contribution < 1.29 is 14.7 Å². The molecule has 0 aliphatic rings. The summed E-state index contributed by atoms with van der Waals surface area (Å²) in [6, 6.07) is 9.18. The first-order chi connectivity index (χ1) is 11.4. The van der Waals surface area contributed by atoms with E-state index in [2.05, 4.69) is 26.3 Å². The number of carboxylic acid groups (broad SMARTS) is 1. The maximum Gasteiger partial charge on any atom is 0.305 e. The zero-order chi connectivity index (χ0) is 17.7. The van der Waals surface area contributed by atoms with Gasteiger partial charge in [-0.15, -0.1) is 0 Å². The van der Waals surface area contributed by atoms with Crippen LogP contribution in [0.5, 0.6) is 0 Å². The molecule has 1 aromatic carbocycles. The first kappa shape index (κ1) is 18.2. The number of aliphatic carboxylic acids is 1. The minimum Gasteiger partial charge on any atom is -0.481 e. The number of carbonyl (C=O) groups is 2. The van der Waals surface area contributed by atoms with Crippen LogP contribution in [0.4, 0.5) is 0 Å². The lowest BCUT2D eigenvalue weighted by molar-refractivity contribution is -0.138. The Balaban J connectivity index is 2.20. The minimum atomic E-state index is -0.932. The molecule has 0 atom stereocenters. The molecule has 6 nitrogen and oxygen atoms in total. The smallest absolute Gasteiger partial charge is 0.305 e. The van der Waals surface area contributed by atoms with E-state index in [4.69, 9.17) is 5.11 Å². The average Bonchev–Trinajstić information content (AvgIpc) is 3.04. The van der Waals surface area contributed by atoms with Crippen LogP contribution in [0.1, 0.15) is 43.6 Å². The quantitative estimate of drug-likeness (QED) is 0.754. The third-order valence-corrected chi connectivity index (χ3v) is 4.61. The van der Waals surface area contributed by atoms with Gasteiger partial charge in [-0.2, -0.15) is 5.10 Å². The normalized spacial score (nSPS) is 11.3. The van der Waals surface area contributed by atoms with Crippen molar-refractivity contribution in [1.29, 1.82) is 0 Å². The van der Waals surface area contributed by atoms with Gasteiger partial charge in [0.05, 0.1) is 17.6 Å². The first-order valence-electron chi connectivity index (χ1n) is 7.75. The van der Waals surface area contributed by atoms with Crippen molar-refractivity contribution in [3.05, 3.63) is 46.7 Å². The number of halogens is 1. The van der Waals surface area contributed by atoms with Crippen LogP contribution >= 0.6 is 15.9 Å². The second kappa shape index (κ2) is 7.61. The molecule has 0 saturated carbocycles. The predicted octanol–water partition coefficient (Wildman–Crippen LogP) is 3.40. The molecule has 24 heavy (non-hydrogen) atoms. The van der Waals surface area contributed by atoms with Gasteiger partial charge in [-0.3, -0.25) is 9.59 Å². The number of benzene rings is 1. The molecular weight excluding hydrogens is 374 g/mol. The van der Waals surface area contributed by atoms with Crippen molar-refractivity contribution in [2.75, 3.05) is 0 Å². The summed E-state index contributed by atoms with van der Waals surface area (Å²) >= 11 is 3.40. The van der Waals surface area contributed by atoms with E-state index in [1.54, 1.807) is 16.9 Å². The zero-order valence-corrected chi connectivity index (χ0v) is 15.2. The summed E-state index contributed by atoms with van der Waals surface area (Å²) in [6.45, 7) is 3.74. The van der Waals surface area contributed by atoms with Crippen molar-refractivity contribution >= 4 is 27.8 Å². The Hall–Kier alpha value is -2.15. The highest BCUT2D eigenvalue weighted by Crippen LogP contribution is 2.21. The summed E-state index contributed by atoms with van der Waals surface area (Å²) in [4.78, 5) is 23.6. The number of rotatable bonds is 7. The molecule has 7 heteroatoms. The molecule has 2 rings (SSSR count). The summed E-state index contributed by atoms with van der Waals surface area (Å²) in [5.41, 5.74) is 0.320. The highest BCUT2D eigenvalue weighted by molar-refractivity contribution is 9.10. The van der Waals surface area contributed by atoms with Crippen LogP contribution in [0.15, 0.2) is 41.0 Å². The SMILES string of the molecule is CCC(CC)(CC(=O)O)NC(=O)c1ccn(-c2cccc(Br)c2)n1. The molecule has 2 aromatic rings. The lowest BCUT2D eigenvalue weighted by Crippen LogP contribution is -2.49. The number of carbonyl (C=O) groups excluding carboxylic acids is 1. The van der Waals surface area contributed by atoms with Gasteiger partial charge in [-0.1, -0.05) is 35.8 Å². The minimum absolute atomic E-state index is 0.113. The number of carboxylic acids is 1. The van der Waals surface area contributed by atoms with Crippen molar-refractivity contribution in [1.82, 2.24) is 15.1 Å². The number of nitrogens with zero attached hydrogens (tertiary/aromatic N) is 2. The fourth-order valence-electron chi connectivity index (χ4n) is 2.52. The summed E-state index contributed by atoms with van der Waals surface area (Å²) in [5.74, 6) is -1.30. The molecular formula is C17H20BrN3O3. The molecule has 128 valence electrons. The first-order valence-corrected chi connectivity index (χ1v) is 8.54. The van der Waals surface area contributed by atoms with Crippen LogP contribution in [0.25, 0.3) is 5.69 Å². The van der Waals surface area contributed by atoms with Gasteiger partial charge in [0.2, 0.25) is 0 Å². The van der Waals surface area contributed by atoms with Crippen LogP contribution in [0.3, 0.4) is 0 Å². The predicted molar refractivity (Wildman–Crippen MR) is 94.3 cm³/mol. The standard InChI is InChI=1S/C17H20BrN3O3/c1-3-17(4-2,11-15(22)23)19-16(24)14-8-9-21(20-14)13-7-5-6-12(18)10-13/h5-10H,3-4,11H2,1-2H3,(H,19,24)(H,22,23). The number of amides is 1. The summed E-state index contributed by atoms with van der Waals surface area (Å²) in [7, 11) is 0. The average molecular weight is 394 g/mol. The molecule has 0 aliphatic heterocycles. The highest BCUT2D eigenvalue weighted by atomic mass is 79.9. The molecule has 0 unspecified atom stereocenters. The maximum absolute atomic E-state index is 12.5. The second-order valence-electron chi connectivity index (χ2n) is 5.64. The maximum atomic E-state index is 12.5. The van der Waals surface area contributed by atoms with E-state index >= 15 is 0 Å². The Morgan fingerprint density at radius 1 is 1.29 bits per heavy atom. The van der Waals surface area contributed by atoms with E-state index in [1.807, 2.05) is 38.1 Å². The zero-order valence-electron chi connectivity index (χ0n) is 13.6. The summed E-state index contributed by atoms with van der Waals surface area (Å²) in [6.07, 6.45) is 2.66. The molecule has 1 heterocycles. The molecule has 0 saturated heterocycles. The fraction of sp³-hybridized carbons (Fsp3) is 0.353. The van der Waals surface area contributed by atoms with Crippen LogP contribution in [-0.2, 0) is 4.79 Å². The monoisotopic (exact) mass is 393 g/mol. The molecule has 0 aliphatic carbocycles. The van der Waals surface area contributed by atoms with Gasteiger partial charge in [-0.25, -0.2) is 4.68 Å². The Morgan fingerprint density at radius 2 is 2.00 bits per heavy atom. The lowest BCUT2D eigenvalue weighted by atomic mass is 9.89. The van der Waals surface area contributed by atoms with Gasteiger partial charge in [0.15, 0.2) is 5.69 Å². The van der Waals surface area contributed by atoms with Gasteiger partial charge in [-0.05, 0) is 37.1 Å². The van der Waals surface area contributed by atoms with Crippen LogP contribution < -0.4 is 5.32 Å². The Kier molecular flexibility index (Phi) is 5.77. The number of hydrogen-bond donors (Lipinski definition) is 2. The van der Waals surface area contributed by atoms with E-state index in [0.29, 0.717) is 12.8 Å². The summed E-state index contributed by atoms with van der Waals surface area (Å²) < 4.78 is 2.52. The molecule has 2 N–H and O–H groups in total. The highest BCUT2D eigenvalue weighted by Gasteiger charge is 2.31. The fourth-order valence-corrected chi connectivity index (χ4v) is 2.91. The number of hydrogen-bond acceptors (Lipinski definition) is 3. The number of nitrogens with one attached hydrogen (secondary N) is 1. The second-order valence-corrected chi connectivity index (χ2v) is 6.55. The third kappa shape index (κ3) is 4.23. The molecule has 1 amide bonds. The summed E-state index contributed by atoms with van der Waals surface area (Å²) in [5, 5.41) is 16.2. The van der Waals surface area contributed by atoms with Crippen molar-refractivity contribution in [2.45, 2.75) is 38.6 Å². The van der Waals surface area contributed by atoms with E-state index in [0.717, 1.165) is 10.2 Å². The van der Waals surface area contributed by atoms with Crippen molar-refractivity contribution in [3.8, 4) is 5.69 Å². The molecule has 0 fully saturated rings. The van der Waals surface area contributed by atoms with Crippen molar-refractivity contribution in [3.63, 3.8) is 0 Å². The van der Waals surface area contributed by atoms with Gasteiger partial charge in [0.1, 0.15) is 0 Å². The largest absolute Gasteiger partial charge is 0.481 e. The molecule has 1 aromatic heterocycles. The van der Waals surface area contributed by atoms with Crippen LogP contribution in [0.2, 0.25) is 0 Å². The topological polar surface area (TPSA) is 84.2 Å². The van der Waals surface area contributed by atoms with Crippen molar-refractivity contribution in [2.24, 2.45) is 0 Å². The van der Waals surface area contributed by atoms with Gasteiger partial charge < -0.3 is 10.4 Å². The van der Waals surface area contributed by atoms with Crippen LogP contribution in [-0.4, -0.2) is 32.3 Å². The Morgan fingerprint density at radius 3 is 2.58 bits per heavy atom. The van der Waals surface area contributed by atoms with E-state index in [9.17, 15) is 9.59 Å². The molecule has 0 spiro atoms. The third-order valence-electron chi connectivity index (χ3n) is 4.12. The Labute approximate surface area is 149 Å². The molecule has 0 radical (unpaired) electrons. The lowest BCUT2D eigenvalue weighted by Gasteiger charge is -2.31. The molecule has 0 bridgehead atoms. The van der Waals surface area contributed by atoms with Gasteiger partial charge in [0, 0.05) is 10.7 Å².